The van der Waals surface area contributed by atoms with Crippen LogP contribution in [0.1, 0.15) is 19.3 Å². The Kier molecular flexibility index (Phi) is 6.39. The lowest BCUT2D eigenvalue weighted by molar-refractivity contribution is -0.136. The predicted molar refractivity (Wildman–Crippen MR) is 82.7 cm³/mol. The molecule has 0 unspecified atom stereocenters. The van der Waals surface area contributed by atoms with Gasteiger partial charge in [-0.1, -0.05) is 0 Å². The summed E-state index contributed by atoms with van der Waals surface area (Å²) in [4.78, 5) is 22.9. The Morgan fingerprint density at radius 1 is 1.18 bits per heavy atom. The van der Waals surface area contributed by atoms with Crippen LogP contribution in [0.2, 0.25) is 0 Å². The van der Waals surface area contributed by atoms with Crippen molar-refractivity contribution in [3.63, 3.8) is 0 Å². The largest absolute Gasteiger partial charge is 0.490 e. The first-order chi connectivity index (χ1) is 10.6. The van der Waals surface area contributed by atoms with Crippen LogP contribution in [0.5, 0.6) is 11.5 Å². The van der Waals surface area contributed by atoms with E-state index in [2.05, 4.69) is 5.32 Å². The molecule has 120 valence electrons. The van der Waals surface area contributed by atoms with E-state index in [9.17, 15) is 9.59 Å². The quantitative estimate of drug-likeness (QED) is 0.745. The lowest BCUT2D eigenvalue weighted by Gasteiger charge is -2.09. The van der Waals surface area contributed by atoms with Gasteiger partial charge < -0.3 is 19.9 Å². The van der Waals surface area contributed by atoms with Crippen LogP contribution in [0.4, 0.5) is 0 Å². The first-order valence-electron chi connectivity index (χ1n) is 7.16. The summed E-state index contributed by atoms with van der Waals surface area (Å²) in [5, 5.41) is 11.1. The summed E-state index contributed by atoms with van der Waals surface area (Å²) in [5.41, 5.74) is 0. The van der Waals surface area contributed by atoms with Crippen molar-refractivity contribution in [3.8, 4) is 11.5 Å². The highest BCUT2D eigenvalue weighted by Crippen LogP contribution is 2.33. The minimum atomic E-state index is -0.915. The maximum absolute atomic E-state index is 11.5. The number of hydrogen-bond acceptors (Lipinski definition) is 5. The minimum Gasteiger partial charge on any atom is -0.490 e. The van der Waals surface area contributed by atoms with Crippen molar-refractivity contribution < 1.29 is 24.2 Å². The van der Waals surface area contributed by atoms with Gasteiger partial charge >= 0.3 is 5.97 Å². The molecule has 0 radical (unpaired) electrons. The number of ether oxygens (including phenoxy) is 2. The van der Waals surface area contributed by atoms with Gasteiger partial charge in [0.05, 0.1) is 19.6 Å². The van der Waals surface area contributed by atoms with E-state index in [0.29, 0.717) is 25.4 Å². The summed E-state index contributed by atoms with van der Waals surface area (Å²) in [6, 6.07) is 5.75. The van der Waals surface area contributed by atoms with Crippen molar-refractivity contribution in [1.82, 2.24) is 5.32 Å². The molecule has 2 rings (SSSR count). The fourth-order valence-corrected chi connectivity index (χ4v) is 2.77. The highest BCUT2D eigenvalue weighted by molar-refractivity contribution is 7.99. The van der Waals surface area contributed by atoms with Crippen molar-refractivity contribution in [1.29, 1.82) is 0 Å². The fourth-order valence-electron chi connectivity index (χ4n) is 1.89. The first kappa shape index (κ1) is 16.5. The minimum absolute atomic E-state index is 0.0545. The molecular weight excluding hydrogens is 306 g/mol. The van der Waals surface area contributed by atoms with Crippen LogP contribution in [0.25, 0.3) is 0 Å². The molecule has 0 fully saturated rings. The summed E-state index contributed by atoms with van der Waals surface area (Å²) in [5.74, 6) is 1.07. The molecule has 0 aromatic heterocycles. The van der Waals surface area contributed by atoms with E-state index in [1.807, 2.05) is 18.2 Å². The molecule has 0 aliphatic carbocycles. The second-order valence-electron chi connectivity index (χ2n) is 4.75. The Morgan fingerprint density at radius 2 is 1.95 bits per heavy atom. The molecule has 1 heterocycles. The topological polar surface area (TPSA) is 84.9 Å². The maximum atomic E-state index is 11.5. The molecule has 1 aromatic carbocycles. The zero-order valence-electron chi connectivity index (χ0n) is 12.2. The van der Waals surface area contributed by atoms with Crippen molar-refractivity contribution in [2.24, 2.45) is 0 Å². The van der Waals surface area contributed by atoms with Gasteiger partial charge in [0.1, 0.15) is 0 Å². The number of fused-ring (bicyclic) bond motifs is 1. The number of aliphatic carboxylic acids is 1. The normalized spacial score (nSPS) is 13.3. The van der Waals surface area contributed by atoms with Crippen molar-refractivity contribution in [3.05, 3.63) is 18.2 Å². The van der Waals surface area contributed by atoms with Gasteiger partial charge in [-0.15, -0.1) is 11.8 Å². The number of nitrogens with one attached hydrogen (secondary N) is 1. The Hall–Kier alpha value is -1.89. The third-order valence-electron chi connectivity index (χ3n) is 2.98. The van der Waals surface area contributed by atoms with Crippen LogP contribution in [-0.2, 0) is 9.59 Å². The van der Waals surface area contributed by atoms with Crippen LogP contribution < -0.4 is 14.8 Å². The van der Waals surface area contributed by atoms with Crippen molar-refractivity contribution in [2.45, 2.75) is 24.2 Å². The zero-order valence-corrected chi connectivity index (χ0v) is 13.0. The van der Waals surface area contributed by atoms with Gasteiger partial charge in [0.2, 0.25) is 5.91 Å². The molecule has 6 nitrogen and oxygen atoms in total. The lowest BCUT2D eigenvalue weighted by atomic mass is 10.3. The number of carboxylic acids is 1. The van der Waals surface area contributed by atoms with E-state index in [4.69, 9.17) is 14.6 Å². The summed E-state index contributed by atoms with van der Waals surface area (Å²) in [7, 11) is 0. The van der Waals surface area contributed by atoms with E-state index < -0.39 is 5.97 Å². The number of amides is 1. The fraction of sp³-hybridized carbons (Fsp3) is 0.467. The molecule has 0 atom stereocenters. The summed E-state index contributed by atoms with van der Waals surface area (Å²) in [6.45, 7) is 1.48. The molecule has 1 amide bonds. The molecule has 0 saturated heterocycles. The average molecular weight is 325 g/mol. The third-order valence-corrected chi connectivity index (χ3v) is 3.97. The molecule has 22 heavy (non-hydrogen) atoms. The SMILES string of the molecule is O=C(O)CCNC(=O)CCSc1ccc2c(c1)OCCCO2. The van der Waals surface area contributed by atoms with Crippen LogP contribution in [0.3, 0.4) is 0 Å². The number of benzene rings is 1. The van der Waals surface area contributed by atoms with Crippen LogP contribution in [0, 0.1) is 0 Å². The van der Waals surface area contributed by atoms with Gasteiger partial charge in [0.15, 0.2) is 11.5 Å². The monoisotopic (exact) mass is 325 g/mol. The molecule has 1 aliphatic heterocycles. The summed E-state index contributed by atoms with van der Waals surface area (Å²) >= 11 is 1.56. The average Bonchev–Trinajstić information content (AvgIpc) is 2.71. The third kappa shape index (κ3) is 5.48. The van der Waals surface area contributed by atoms with Gasteiger partial charge in [-0.25, -0.2) is 0 Å². The molecule has 2 N–H and O–H groups in total. The number of carbonyl (C=O) groups excluding carboxylic acids is 1. The molecular formula is C15H19NO5S. The second-order valence-corrected chi connectivity index (χ2v) is 5.92. The molecule has 1 aromatic rings. The van der Waals surface area contributed by atoms with Crippen molar-refractivity contribution >= 4 is 23.6 Å². The highest BCUT2D eigenvalue weighted by atomic mass is 32.2. The number of carbonyl (C=O) groups is 2. The Balaban J connectivity index is 1.74. The number of carboxylic acid groups (broad SMARTS) is 1. The van der Waals surface area contributed by atoms with Crippen LogP contribution in [0.15, 0.2) is 23.1 Å². The number of thioether (sulfide) groups is 1. The Bertz CT molecular complexity index is 535. The lowest BCUT2D eigenvalue weighted by Crippen LogP contribution is -2.26. The molecule has 7 heteroatoms. The van der Waals surface area contributed by atoms with Crippen molar-refractivity contribution in [2.75, 3.05) is 25.5 Å². The predicted octanol–water partition coefficient (Wildman–Crippen LogP) is 1.92. The molecule has 1 aliphatic rings. The summed E-state index contributed by atoms with van der Waals surface area (Å²) < 4.78 is 11.2. The van der Waals surface area contributed by atoms with Gasteiger partial charge in [-0.05, 0) is 18.2 Å². The maximum Gasteiger partial charge on any atom is 0.305 e. The summed E-state index contributed by atoms with van der Waals surface area (Å²) in [6.07, 6.45) is 1.16. The molecule has 0 spiro atoms. The van der Waals surface area contributed by atoms with Crippen LogP contribution >= 0.6 is 11.8 Å². The number of hydrogen-bond donors (Lipinski definition) is 2. The highest BCUT2D eigenvalue weighted by Gasteiger charge is 2.11. The second kappa shape index (κ2) is 8.53. The molecule has 0 bridgehead atoms. The van der Waals surface area contributed by atoms with Gasteiger partial charge in [0.25, 0.3) is 0 Å². The molecule has 0 saturated carbocycles. The van der Waals surface area contributed by atoms with E-state index in [1.165, 1.54) is 0 Å². The van der Waals surface area contributed by atoms with Gasteiger partial charge in [0, 0.05) is 30.0 Å². The number of rotatable bonds is 7. The Labute approximate surface area is 133 Å². The van der Waals surface area contributed by atoms with Crippen LogP contribution in [-0.4, -0.2) is 42.5 Å². The van der Waals surface area contributed by atoms with Gasteiger partial charge in [-0.2, -0.15) is 0 Å². The van der Waals surface area contributed by atoms with E-state index >= 15 is 0 Å². The van der Waals surface area contributed by atoms with E-state index in [0.717, 1.165) is 22.8 Å². The first-order valence-corrected chi connectivity index (χ1v) is 8.14. The Morgan fingerprint density at radius 3 is 2.73 bits per heavy atom. The smallest absolute Gasteiger partial charge is 0.305 e. The standard InChI is InChI=1S/C15H19NO5S/c17-14(16-6-4-15(18)19)5-9-22-11-2-3-12-13(10-11)21-8-1-7-20-12/h2-3,10H,1,4-9H2,(H,16,17)(H,18,19). The van der Waals surface area contributed by atoms with E-state index in [-0.39, 0.29) is 18.9 Å². The zero-order chi connectivity index (χ0) is 15.8. The van der Waals surface area contributed by atoms with E-state index in [1.54, 1.807) is 11.8 Å². The van der Waals surface area contributed by atoms with Gasteiger partial charge in [-0.3, -0.25) is 9.59 Å².